The first-order chi connectivity index (χ1) is 8.62. The summed E-state index contributed by atoms with van der Waals surface area (Å²) in [5.74, 6) is 1.27. The first-order valence-electron chi connectivity index (χ1n) is 6.10. The predicted molar refractivity (Wildman–Crippen MR) is 78.4 cm³/mol. The SMILES string of the molecule is CCN(CC)CCOc1c(N)cc(Br)cc1OC. The third kappa shape index (κ3) is 4.07. The Morgan fingerprint density at radius 2 is 1.94 bits per heavy atom. The van der Waals surface area contributed by atoms with Gasteiger partial charge in [-0.3, -0.25) is 0 Å². The van der Waals surface area contributed by atoms with Gasteiger partial charge in [-0.1, -0.05) is 29.8 Å². The average Bonchev–Trinajstić information content (AvgIpc) is 2.36. The van der Waals surface area contributed by atoms with E-state index in [1.807, 2.05) is 12.1 Å². The van der Waals surface area contributed by atoms with Crippen molar-refractivity contribution < 1.29 is 9.47 Å². The number of halogens is 1. The molecule has 1 aromatic rings. The van der Waals surface area contributed by atoms with Gasteiger partial charge in [-0.25, -0.2) is 0 Å². The van der Waals surface area contributed by atoms with Gasteiger partial charge >= 0.3 is 0 Å². The van der Waals surface area contributed by atoms with E-state index in [2.05, 4.69) is 34.7 Å². The molecule has 0 saturated carbocycles. The van der Waals surface area contributed by atoms with Gasteiger partial charge in [0.25, 0.3) is 0 Å². The van der Waals surface area contributed by atoms with Crippen LogP contribution in [-0.2, 0) is 0 Å². The van der Waals surface area contributed by atoms with E-state index < -0.39 is 0 Å². The molecule has 0 fully saturated rings. The number of nitrogens with two attached hydrogens (primary N) is 1. The lowest BCUT2D eigenvalue weighted by molar-refractivity contribution is 0.218. The fourth-order valence-corrected chi connectivity index (χ4v) is 2.17. The fourth-order valence-electron chi connectivity index (χ4n) is 1.71. The summed E-state index contributed by atoms with van der Waals surface area (Å²) in [5, 5.41) is 0. The number of hydrogen-bond donors (Lipinski definition) is 1. The van der Waals surface area contributed by atoms with Crippen LogP contribution in [0, 0.1) is 0 Å². The van der Waals surface area contributed by atoms with Crippen LogP contribution >= 0.6 is 15.9 Å². The maximum absolute atomic E-state index is 5.93. The minimum Gasteiger partial charge on any atom is -0.493 e. The number of rotatable bonds is 7. The second-order valence-corrected chi connectivity index (χ2v) is 4.82. The molecule has 1 rings (SSSR count). The highest BCUT2D eigenvalue weighted by Gasteiger charge is 2.10. The first kappa shape index (κ1) is 15.1. The van der Waals surface area contributed by atoms with Gasteiger partial charge in [0.05, 0.1) is 12.8 Å². The number of hydrogen-bond acceptors (Lipinski definition) is 4. The molecule has 0 atom stereocenters. The number of anilines is 1. The molecule has 0 bridgehead atoms. The highest BCUT2D eigenvalue weighted by molar-refractivity contribution is 9.10. The van der Waals surface area contributed by atoms with Crippen molar-refractivity contribution in [3.05, 3.63) is 16.6 Å². The maximum Gasteiger partial charge on any atom is 0.184 e. The number of benzene rings is 1. The van der Waals surface area contributed by atoms with Crippen molar-refractivity contribution in [2.24, 2.45) is 0 Å². The van der Waals surface area contributed by atoms with Crippen molar-refractivity contribution in [3.8, 4) is 11.5 Å². The number of ether oxygens (including phenoxy) is 2. The molecule has 2 N–H and O–H groups in total. The molecule has 102 valence electrons. The second kappa shape index (κ2) is 7.48. The van der Waals surface area contributed by atoms with E-state index in [1.54, 1.807) is 7.11 Å². The van der Waals surface area contributed by atoms with Crippen LogP contribution in [0.5, 0.6) is 11.5 Å². The van der Waals surface area contributed by atoms with Gasteiger partial charge < -0.3 is 20.1 Å². The molecule has 0 saturated heterocycles. The maximum atomic E-state index is 5.93. The van der Waals surface area contributed by atoms with Gasteiger partial charge in [0.15, 0.2) is 11.5 Å². The number of likely N-dealkylation sites (N-methyl/N-ethyl adjacent to an activating group) is 1. The molecule has 0 amide bonds. The lowest BCUT2D eigenvalue weighted by Gasteiger charge is -2.19. The van der Waals surface area contributed by atoms with Crippen LogP contribution in [0.15, 0.2) is 16.6 Å². The predicted octanol–water partition coefficient (Wildman–Crippen LogP) is 2.76. The molecule has 0 unspecified atom stereocenters. The van der Waals surface area contributed by atoms with E-state index in [4.69, 9.17) is 15.2 Å². The van der Waals surface area contributed by atoms with Crippen molar-refractivity contribution in [1.82, 2.24) is 4.90 Å². The van der Waals surface area contributed by atoms with Crippen molar-refractivity contribution in [3.63, 3.8) is 0 Å². The lowest BCUT2D eigenvalue weighted by Crippen LogP contribution is -2.28. The van der Waals surface area contributed by atoms with Crippen LogP contribution in [0.2, 0.25) is 0 Å². The Bertz CT molecular complexity index is 381. The van der Waals surface area contributed by atoms with E-state index in [0.717, 1.165) is 24.1 Å². The minimum atomic E-state index is 0.584. The molecule has 5 heteroatoms. The quantitative estimate of drug-likeness (QED) is 0.786. The topological polar surface area (TPSA) is 47.7 Å². The van der Waals surface area contributed by atoms with Crippen LogP contribution in [0.4, 0.5) is 5.69 Å². The van der Waals surface area contributed by atoms with Crippen molar-refractivity contribution >= 4 is 21.6 Å². The van der Waals surface area contributed by atoms with Crippen molar-refractivity contribution in [2.75, 3.05) is 39.1 Å². The first-order valence-corrected chi connectivity index (χ1v) is 6.89. The molecule has 0 aliphatic carbocycles. The zero-order valence-electron chi connectivity index (χ0n) is 11.2. The number of nitrogens with zero attached hydrogens (tertiary/aromatic N) is 1. The van der Waals surface area contributed by atoms with Gasteiger partial charge in [-0.15, -0.1) is 0 Å². The number of methoxy groups -OCH3 is 1. The van der Waals surface area contributed by atoms with Crippen LogP contribution in [-0.4, -0.2) is 38.3 Å². The summed E-state index contributed by atoms with van der Waals surface area (Å²) in [5.41, 5.74) is 6.52. The Hall–Kier alpha value is -0.940. The standard InChI is InChI=1S/C13H21BrN2O2/c1-4-16(5-2)6-7-18-13-11(15)8-10(14)9-12(13)17-3/h8-9H,4-7,15H2,1-3H3. The molecule has 0 spiro atoms. The zero-order chi connectivity index (χ0) is 13.5. The molecule has 0 radical (unpaired) electrons. The molecule has 0 heterocycles. The fraction of sp³-hybridized carbons (Fsp3) is 0.538. The van der Waals surface area contributed by atoms with Gasteiger partial charge in [-0.2, -0.15) is 0 Å². The summed E-state index contributed by atoms with van der Waals surface area (Å²) in [6.07, 6.45) is 0. The summed E-state index contributed by atoms with van der Waals surface area (Å²) >= 11 is 3.38. The molecule has 18 heavy (non-hydrogen) atoms. The van der Waals surface area contributed by atoms with E-state index in [9.17, 15) is 0 Å². The average molecular weight is 317 g/mol. The Kier molecular flexibility index (Phi) is 6.29. The smallest absolute Gasteiger partial charge is 0.184 e. The van der Waals surface area contributed by atoms with E-state index in [0.29, 0.717) is 23.8 Å². The second-order valence-electron chi connectivity index (χ2n) is 3.90. The van der Waals surface area contributed by atoms with Crippen LogP contribution in [0.1, 0.15) is 13.8 Å². The summed E-state index contributed by atoms with van der Waals surface area (Å²) in [4.78, 5) is 2.29. The van der Waals surface area contributed by atoms with Crippen LogP contribution < -0.4 is 15.2 Å². The van der Waals surface area contributed by atoms with Gasteiger partial charge in [0.1, 0.15) is 6.61 Å². The van der Waals surface area contributed by atoms with Gasteiger partial charge in [0.2, 0.25) is 0 Å². The molecule has 0 aliphatic rings. The minimum absolute atomic E-state index is 0.584. The normalized spacial score (nSPS) is 10.7. The third-order valence-electron chi connectivity index (χ3n) is 2.82. The number of nitrogen functional groups attached to an aromatic ring is 1. The van der Waals surface area contributed by atoms with Crippen molar-refractivity contribution in [2.45, 2.75) is 13.8 Å². The van der Waals surface area contributed by atoms with E-state index >= 15 is 0 Å². The summed E-state index contributed by atoms with van der Waals surface area (Å²) in [6, 6.07) is 3.67. The van der Waals surface area contributed by atoms with Crippen LogP contribution in [0.25, 0.3) is 0 Å². The largest absolute Gasteiger partial charge is 0.493 e. The lowest BCUT2D eigenvalue weighted by atomic mass is 10.3. The summed E-state index contributed by atoms with van der Waals surface area (Å²) in [7, 11) is 1.61. The highest BCUT2D eigenvalue weighted by Crippen LogP contribution is 2.36. The molecular weight excluding hydrogens is 296 g/mol. The molecular formula is C13H21BrN2O2. The van der Waals surface area contributed by atoms with Gasteiger partial charge in [0, 0.05) is 11.0 Å². The third-order valence-corrected chi connectivity index (χ3v) is 3.27. The molecule has 0 aliphatic heterocycles. The summed E-state index contributed by atoms with van der Waals surface area (Å²) < 4.78 is 11.9. The zero-order valence-corrected chi connectivity index (χ0v) is 12.8. The molecule has 0 aromatic heterocycles. The molecule has 4 nitrogen and oxygen atoms in total. The van der Waals surface area contributed by atoms with E-state index in [-0.39, 0.29) is 0 Å². The van der Waals surface area contributed by atoms with Crippen LogP contribution in [0.3, 0.4) is 0 Å². The Morgan fingerprint density at radius 1 is 1.28 bits per heavy atom. The Labute approximate surface area is 117 Å². The van der Waals surface area contributed by atoms with E-state index in [1.165, 1.54) is 0 Å². The molecule has 1 aromatic carbocycles. The Balaban J connectivity index is 2.66. The Morgan fingerprint density at radius 3 is 2.50 bits per heavy atom. The summed E-state index contributed by atoms with van der Waals surface area (Å²) in [6.45, 7) is 7.80. The highest BCUT2D eigenvalue weighted by atomic mass is 79.9. The van der Waals surface area contributed by atoms with Gasteiger partial charge in [-0.05, 0) is 25.2 Å². The monoisotopic (exact) mass is 316 g/mol. The van der Waals surface area contributed by atoms with Crippen molar-refractivity contribution in [1.29, 1.82) is 0 Å².